The SMILES string of the molecule is CN=C(NCc1ccc(C(N)=O)o1)NCC1(c2ccccc2Br)CC1.I. The number of guanidine groups is 1. The maximum atomic E-state index is 11.1. The minimum atomic E-state index is -0.571. The molecule has 1 saturated carbocycles. The van der Waals surface area contributed by atoms with E-state index in [0.717, 1.165) is 23.9 Å². The minimum absolute atomic E-state index is 0. The van der Waals surface area contributed by atoms with Crippen LogP contribution in [0.5, 0.6) is 0 Å². The molecule has 1 heterocycles. The van der Waals surface area contributed by atoms with Gasteiger partial charge in [-0.2, -0.15) is 0 Å². The fourth-order valence-electron chi connectivity index (χ4n) is 2.83. The first-order valence-electron chi connectivity index (χ1n) is 8.12. The number of nitrogens with one attached hydrogen (secondary N) is 2. The number of halogens is 2. The van der Waals surface area contributed by atoms with Gasteiger partial charge in [0.1, 0.15) is 5.76 Å². The van der Waals surface area contributed by atoms with E-state index in [1.165, 1.54) is 5.56 Å². The zero-order chi connectivity index (χ0) is 17.9. The Kier molecular flexibility index (Phi) is 7.10. The van der Waals surface area contributed by atoms with Gasteiger partial charge in [-0.05, 0) is 36.6 Å². The van der Waals surface area contributed by atoms with E-state index in [0.29, 0.717) is 18.3 Å². The fraction of sp³-hybridized carbons (Fsp3) is 0.333. The number of benzene rings is 1. The Morgan fingerprint density at radius 3 is 2.58 bits per heavy atom. The Balaban J connectivity index is 0.00000243. The summed E-state index contributed by atoms with van der Waals surface area (Å²) in [5.74, 6) is 0.905. The Labute approximate surface area is 178 Å². The van der Waals surface area contributed by atoms with Crippen molar-refractivity contribution >= 4 is 51.8 Å². The van der Waals surface area contributed by atoms with Gasteiger partial charge in [-0.15, -0.1) is 24.0 Å². The number of nitrogens with two attached hydrogens (primary N) is 1. The molecule has 0 radical (unpaired) electrons. The van der Waals surface area contributed by atoms with Crippen LogP contribution in [0.3, 0.4) is 0 Å². The van der Waals surface area contributed by atoms with Crippen LogP contribution in [0.4, 0.5) is 0 Å². The van der Waals surface area contributed by atoms with Crippen LogP contribution in [0.2, 0.25) is 0 Å². The average Bonchev–Trinajstić information content (AvgIpc) is 3.23. The number of primary amides is 1. The molecular weight excluding hydrogens is 511 g/mol. The lowest BCUT2D eigenvalue weighted by Crippen LogP contribution is -2.40. The van der Waals surface area contributed by atoms with Crippen LogP contribution < -0.4 is 16.4 Å². The molecule has 1 aromatic carbocycles. The largest absolute Gasteiger partial charge is 0.454 e. The molecule has 0 aliphatic heterocycles. The molecule has 2 aromatic rings. The molecule has 1 aliphatic rings. The highest BCUT2D eigenvalue weighted by Crippen LogP contribution is 2.49. The summed E-state index contributed by atoms with van der Waals surface area (Å²) in [5, 5.41) is 6.57. The van der Waals surface area contributed by atoms with Crippen molar-refractivity contribution in [2.75, 3.05) is 13.6 Å². The van der Waals surface area contributed by atoms with Crippen LogP contribution in [-0.2, 0) is 12.0 Å². The highest BCUT2D eigenvalue weighted by atomic mass is 127. The molecule has 140 valence electrons. The summed E-state index contributed by atoms with van der Waals surface area (Å²) < 4.78 is 6.50. The van der Waals surface area contributed by atoms with Crippen LogP contribution in [-0.4, -0.2) is 25.5 Å². The number of furan rings is 1. The number of carbonyl (C=O) groups excluding carboxylic acids is 1. The van der Waals surface area contributed by atoms with Crippen molar-refractivity contribution in [2.24, 2.45) is 10.7 Å². The van der Waals surface area contributed by atoms with Crippen LogP contribution >= 0.6 is 39.9 Å². The third-order valence-electron chi connectivity index (χ3n) is 4.45. The van der Waals surface area contributed by atoms with Gasteiger partial charge in [-0.25, -0.2) is 0 Å². The second-order valence-corrected chi connectivity index (χ2v) is 7.02. The smallest absolute Gasteiger partial charge is 0.284 e. The molecule has 0 atom stereocenters. The summed E-state index contributed by atoms with van der Waals surface area (Å²) in [7, 11) is 1.73. The van der Waals surface area contributed by atoms with Gasteiger partial charge in [-0.1, -0.05) is 34.1 Å². The minimum Gasteiger partial charge on any atom is -0.454 e. The van der Waals surface area contributed by atoms with Crippen LogP contribution in [0.15, 0.2) is 50.3 Å². The topological polar surface area (TPSA) is 92.6 Å². The maximum Gasteiger partial charge on any atom is 0.284 e. The molecule has 1 aromatic heterocycles. The summed E-state index contributed by atoms with van der Waals surface area (Å²) in [6, 6.07) is 11.6. The molecule has 0 saturated heterocycles. The summed E-state index contributed by atoms with van der Waals surface area (Å²) in [6.07, 6.45) is 2.31. The van der Waals surface area contributed by atoms with E-state index in [4.69, 9.17) is 10.2 Å². The van der Waals surface area contributed by atoms with E-state index in [9.17, 15) is 4.79 Å². The van der Waals surface area contributed by atoms with Gasteiger partial charge in [0.15, 0.2) is 11.7 Å². The summed E-state index contributed by atoms with van der Waals surface area (Å²) in [4.78, 5) is 15.3. The molecule has 4 N–H and O–H groups in total. The van der Waals surface area contributed by atoms with Crippen molar-refractivity contribution in [1.82, 2.24) is 10.6 Å². The van der Waals surface area contributed by atoms with Gasteiger partial charge in [0, 0.05) is 23.5 Å². The van der Waals surface area contributed by atoms with Crippen molar-refractivity contribution in [3.05, 3.63) is 58.0 Å². The second-order valence-electron chi connectivity index (χ2n) is 6.17. The van der Waals surface area contributed by atoms with Crippen molar-refractivity contribution in [3.8, 4) is 0 Å². The lowest BCUT2D eigenvalue weighted by molar-refractivity contribution is 0.0972. The van der Waals surface area contributed by atoms with Crippen molar-refractivity contribution in [1.29, 1.82) is 0 Å². The highest BCUT2D eigenvalue weighted by Gasteiger charge is 2.45. The summed E-state index contributed by atoms with van der Waals surface area (Å²) in [5.41, 5.74) is 6.67. The molecule has 6 nitrogen and oxygen atoms in total. The molecule has 3 rings (SSSR count). The molecule has 1 fully saturated rings. The number of nitrogens with zero attached hydrogens (tertiary/aromatic N) is 1. The molecular formula is C18H22BrIN4O2. The average molecular weight is 533 g/mol. The summed E-state index contributed by atoms with van der Waals surface area (Å²) >= 11 is 3.65. The van der Waals surface area contributed by atoms with Gasteiger partial charge >= 0.3 is 0 Å². The van der Waals surface area contributed by atoms with Crippen molar-refractivity contribution in [3.63, 3.8) is 0 Å². The number of carbonyl (C=O) groups is 1. The number of hydrogen-bond acceptors (Lipinski definition) is 3. The molecule has 0 bridgehead atoms. The standard InChI is InChI=1S/C18H21BrN4O2.HI/c1-21-17(22-10-12-6-7-15(25-12)16(20)24)23-11-18(8-9-18)13-4-2-3-5-14(13)19;/h2-7H,8-11H2,1H3,(H2,20,24)(H2,21,22,23);1H. The fourth-order valence-corrected chi connectivity index (χ4v) is 3.54. The Bertz CT molecular complexity index is 802. The second kappa shape index (κ2) is 8.90. The molecule has 0 spiro atoms. The monoisotopic (exact) mass is 532 g/mol. The van der Waals surface area contributed by atoms with Crippen molar-refractivity contribution in [2.45, 2.75) is 24.8 Å². The van der Waals surface area contributed by atoms with Gasteiger partial charge in [0.25, 0.3) is 5.91 Å². The third-order valence-corrected chi connectivity index (χ3v) is 5.14. The number of rotatable bonds is 6. The third kappa shape index (κ3) is 4.79. The molecule has 8 heteroatoms. The van der Waals surface area contributed by atoms with E-state index in [1.807, 2.05) is 6.07 Å². The van der Waals surface area contributed by atoms with Gasteiger partial charge in [0.2, 0.25) is 0 Å². The predicted molar refractivity (Wildman–Crippen MR) is 116 cm³/mol. The van der Waals surface area contributed by atoms with E-state index >= 15 is 0 Å². The zero-order valence-electron chi connectivity index (χ0n) is 14.4. The maximum absolute atomic E-state index is 11.1. The first-order chi connectivity index (χ1) is 12.0. The first-order valence-corrected chi connectivity index (χ1v) is 8.91. The van der Waals surface area contributed by atoms with Gasteiger partial charge < -0.3 is 20.8 Å². The normalized spacial score (nSPS) is 15.1. The molecule has 26 heavy (non-hydrogen) atoms. The van der Waals surface area contributed by atoms with Crippen LogP contribution in [0.25, 0.3) is 0 Å². The Morgan fingerprint density at radius 2 is 2.00 bits per heavy atom. The van der Waals surface area contributed by atoms with Crippen molar-refractivity contribution < 1.29 is 9.21 Å². The lowest BCUT2D eigenvalue weighted by atomic mass is 9.96. The van der Waals surface area contributed by atoms with E-state index < -0.39 is 5.91 Å². The highest BCUT2D eigenvalue weighted by molar-refractivity contribution is 14.0. The zero-order valence-corrected chi connectivity index (χ0v) is 18.3. The van der Waals surface area contributed by atoms with Crippen LogP contribution in [0.1, 0.15) is 34.7 Å². The summed E-state index contributed by atoms with van der Waals surface area (Å²) in [6.45, 7) is 1.23. The van der Waals surface area contributed by atoms with E-state index in [1.54, 1.807) is 19.2 Å². The number of hydrogen-bond donors (Lipinski definition) is 3. The number of aliphatic imine (C=N–C) groups is 1. The van der Waals surface area contributed by atoms with Gasteiger partial charge in [-0.3, -0.25) is 9.79 Å². The Hall–Kier alpha value is -1.55. The van der Waals surface area contributed by atoms with E-state index in [-0.39, 0.29) is 35.2 Å². The van der Waals surface area contributed by atoms with Crippen LogP contribution in [0, 0.1) is 0 Å². The molecule has 1 aliphatic carbocycles. The lowest BCUT2D eigenvalue weighted by Gasteiger charge is -2.20. The number of amides is 1. The van der Waals surface area contributed by atoms with E-state index in [2.05, 4.69) is 49.8 Å². The quantitative estimate of drug-likeness (QED) is 0.303. The van der Waals surface area contributed by atoms with Gasteiger partial charge in [0.05, 0.1) is 6.54 Å². The molecule has 0 unspecified atom stereocenters. The predicted octanol–water partition coefficient (Wildman–Crippen LogP) is 3.16. The first kappa shape index (κ1) is 20.8. The Morgan fingerprint density at radius 1 is 1.27 bits per heavy atom. The molecule has 1 amide bonds.